The molecule has 1 aromatic rings. The highest BCUT2D eigenvalue weighted by atomic mass is 19.2. The van der Waals surface area contributed by atoms with Gasteiger partial charge in [0.15, 0.2) is 11.6 Å². The maximum absolute atomic E-state index is 13.3. The third kappa shape index (κ3) is 2.93. The Kier molecular flexibility index (Phi) is 4.61. The lowest BCUT2D eigenvalue weighted by molar-refractivity contribution is -0.142. The third-order valence-corrected chi connectivity index (χ3v) is 4.73. The molecular formula is C16H22F2N2O. The highest BCUT2D eigenvalue weighted by Gasteiger charge is 2.42. The number of nitrogens with zero attached hydrogens (tertiary/aromatic N) is 1. The predicted molar refractivity (Wildman–Crippen MR) is 77.5 cm³/mol. The molecule has 0 radical (unpaired) electrons. The molecule has 0 bridgehead atoms. The number of rotatable bonds is 4. The number of amides is 1. The van der Waals surface area contributed by atoms with Gasteiger partial charge in [0.25, 0.3) is 0 Å². The summed E-state index contributed by atoms with van der Waals surface area (Å²) < 4.78 is 26.4. The molecule has 0 heterocycles. The average Bonchev–Trinajstić information content (AvgIpc) is 2.98. The molecule has 5 heteroatoms. The minimum absolute atomic E-state index is 0.000247. The number of hydrogen-bond acceptors (Lipinski definition) is 2. The normalized spacial score (nSPS) is 18.5. The smallest absolute Gasteiger partial charge is 0.230 e. The highest BCUT2D eigenvalue weighted by molar-refractivity contribution is 5.83. The van der Waals surface area contributed by atoms with Crippen molar-refractivity contribution < 1.29 is 13.6 Å². The van der Waals surface area contributed by atoms with E-state index < -0.39 is 17.0 Å². The molecule has 3 nitrogen and oxygen atoms in total. The largest absolute Gasteiger partial charge is 0.338 e. The zero-order valence-electron chi connectivity index (χ0n) is 12.5. The summed E-state index contributed by atoms with van der Waals surface area (Å²) in [7, 11) is 1.70. The highest BCUT2D eigenvalue weighted by Crippen LogP contribution is 2.40. The summed E-state index contributed by atoms with van der Waals surface area (Å²) in [5, 5.41) is 0. The lowest BCUT2D eigenvalue weighted by Gasteiger charge is -2.35. The Balaban J connectivity index is 2.19. The maximum Gasteiger partial charge on any atom is 0.230 e. The van der Waals surface area contributed by atoms with E-state index in [1.807, 2.05) is 6.92 Å². The Labute approximate surface area is 124 Å². The molecule has 21 heavy (non-hydrogen) atoms. The summed E-state index contributed by atoms with van der Waals surface area (Å²) in [5.74, 6) is -1.77. The number of nitrogens with two attached hydrogens (primary N) is 1. The second kappa shape index (κ2) is 6.10. The van der Waals surface area contributed by atoms with Crippen LogP contribution in [0, 0.1) is 17.0 Å². The van der Waals surface area contributed by atoms with Crippen molar-refractivity contribution in [2.24, 2.45) is 11.1 Å². The van der Waals surface area contributed by atoms with Crippen LogP contribution in [-0.2, 0) is 4.79 Å². The average molecular weight is 296 g/mol. The zero-order valence-corrected chi connectivity index (χ0v) is 12.5. The van der Waals surface area contributed by atoms with E-state index in [0.29, 0.717) is 12.1 Å². The van der Waals surface area contributed by atoms with Gasteiger partial charge < -0.3 is 10.6 Å². The topological polar surface area (TPSA) is 46.3 Å². The lowest BCUT2D eigenvalue weighted by Crippen LogP contribution is -2.45. The quantitative estimate of drug-likeness (QED) is 0.928. The number of halogens is 2. The van der Waals surface area contributed by atoms with E-state index in [4.69, 9.17) is 5.73 Å². The standard InChI is InChI=1S/C16H22F2N2O/c1-11(12-5-6-13(17)14(18)9-12)20(2)15(21)16(10-19)7-3-4-8-16/h5-6,9,11H,3-4,7-8,10,19H2,1-2H3. The molecule has 1 unspecified atom stereocenters. The van der Waals surface area contributed by atoms with E-state index in [9.17, 15) is 13.6 Å². The van der Waals surface area contributed by atoms with Gasteiger partial charge in [0, 0.05) is 13.6 Å². The van der Waals surface area contributed by atoms with Crippen molar-refractivity contribution in [2.75, 3.05) is 13.6 Å². The lowest BCUT2D eigenvalue weighted by atomic mass is 9.84. The number of benzene rings is 1. The molecule has 0 spiro atoms. The van der Waals surface area contributed by atoms with Gasteiger partial charge in [-0.2, -0.15) is 0 Å². The van der Waals surface area contributed by atoms with Gasteiger partial charge in [-0.3, -0.25) is 4.79 Å². The van der Waals surface area contributed by atoms with Gasteiger partial charge in [0.2, 0.25) is 5.91 Å². The molecular weight excluding hydrogens is 274 g/mol. The Morgan fingerprint density at radius 2 is 1.95 bits per heavy atom. The van der Waals surface area contributed by atoms with E-state index in [0.717, 1.165) is 37.8 Å². The molecule has 1 atom stereocenters. The molecule has 0 saturated heterocycles. The Morgan fingerprint density at radius 3 is 2.48 bits per heavy atom. The fraction of sp³-hybridized carbons (Fsp3) is 0.562. The van der Waals surface area contributed by atoms with Crippen LogP contribution in [0.2, 0.25) is 0 Å². The van der Waals surface area contributed by atoms with Crippen LogP contribution in [0.15, 0.2) is 18.2 Å². The van der Waals surface area contributed by atoms with Crippen LogP contribution in [0.1, 0.15) is 44.2 Å². The summed E-state index contributed by atoms with van der Waals surface area (Å²) in [4.78, 5) is 14.3. The minimum atomic E-state index is -0.894. The molecule has 116 valence electrons. The van der Waals surface area contributed by atoms with E-state index in [2.05, 4.69) is 0 Å². The molecule has 1 saturated carbocycles. The Bertz CT molecular complexity index is 527. The van der Waals surface area contributed by atoms with Crippen molar-refractivity contribution in [3.05, 3.63) is 35.4 Å². The summed E-state index contributed by atoms with van der Waals surface area (Å²) in [6.07, 6.45) is 3.63. The first-order valence-corrected chi connectivity index (χ1v) is 7.33. The first-order valence-electron chi connectivity index (χ1n) is 7.33. The van der Waals surface area contributed by atoms with Crippen LogP contribution >= 0.6 is 0 Å². The van der Waals surface area contributed by atoms with E-state index >= 15 is 0 Å². The van der Waals surface area contributed by atoms with E-state index in [-0.39, 0.29) is 11.9 Å². The van der Waals surface area contributed by atoms with Crippen LogP contribution in [0.5, 0.6) is 0 Å². The summed E-state index contributed by atoms with van der Waals surface area (Å²) >= 11 is 0. The molecule has 1 aliphatic rings. The van der Waals surface area contributed by atoms with Crippen LogP contribution in [0.25, 0.3) is 0 Å². The van der Waals surface area contributed by atoms with Crippen molar-refractivity contribution in [3.8, 4) is 0 Å². The van der Waals surface area contributed by atoms with Crippen molar-refractivity contribution in [2.45, 2.75) is 38.6 Å². The molecule has 1 aliphatic carbocycles. The summed E-state index contributed by atoms with van der Waals surface area (Å²) in [6, 6.07) is 3.43. The van der Waals surface area contributed by atoms with E-state index in [1.54, 1.807) is 11.9 Å². The van der Waals surface area contributed by atoms with Crippen molar-refractivity contribution in [1.82, 2.24) is 4.90 Å². The molecule has 2 rings (SSSR count). The van der Waals surface area contributed by atoms with Crippen molar-refractivity contribution >= 4 is 5.91 Å². The van der Waals surface area contributed by atoms with Crippen LogP contribution < -0.4 is 5.73 Å². The zero-order chi connectivity index (χ0) is 15.6. The van der Waals surface area contributed by atoms with Gasteiger partial charge in [-0.1, -0.05) is 18.9 Å². The predicted octanol–water partition coefficient (Wildman–Crippen LogP) is 3.00. The molecule has 0 aromatic heterocycles. The van der Waals surface area contributed by atoms with Gasteiger partial charge in [0.1, 0.15) is 0 Å². The SMILES string of the molecule is CC(c1ccc(F)c(F)c1)N(C)C(=O)C1(CN)CCCC1. The summed E-state index contributed by atoms with van der Waals surface area (Å²) in [6.45, 7) is 2.14. The van der Waals surface area contributed by atoms with Gasteiger partial charge in [0.05, 0.1) is 11.5 Å². The van der Waals surface area contributed by atoms with Gasteiger partial charge >= 0.3 is 0 Å². The second-order valence-electron chi connectivity index (χ2n) is 5.96. The Hall–Kier alpha value is -1.49. The van der Waals surface area contributed by atoms with Crippen LogP contribution in [-0.4, -0.2) is 24.4 Å². The molecule has 1 aromatic carbocycles. The molecule has 2 N–H and O–H groups in total. The minimum Gasteiger partial charge on any atom is -0.338 e. The fourth-order valence-corrected chi connectivity index (χ4v) is 3.10. The molecule has 1 amide bonds. The summed E-state index contributed by atoms with van der Waals surface area (Å²) in [5.41, 5.74) is 5.93. The van der Waals surface area contributed by atoms with Gasteiger partial charge in [-0.15, -0.1) is 0 Å². The molecule has 1 fully saturated rings. The van der Waals surface area contributed by atoms with Gasteiger partial charge in [-0.25, -0.2) is 8.78 Å². The van der Waals surface area contributed by atoms with Gasteiger partial charge in [-0.05, 0) is 37.5 Å². The van der Waals surface area contributed by atoms with Crippen LogP contribution in [0.3, 0.4) is 0 Å². The monoisotopic (exact) mass is 296 g/mol. The third-order valence-electron chi connectivity index (χ3n) is 4.73. The molecule has 0 aliphatic heterocycles. The van der Waals surface area contributed by atoms with Crippen LogP contribution in [0.4, 0.5) is 8.78 Å². The van der Waals surface area contributed by atoms with E-state index in [1.165, 1.54) is 6.07 Å². The maximum atomic E-state index is 13.3. The first-order chi connectivity index (χ1) is 9.91. The fourth-order valence-electron chi connectivity index (χ4n) is 3.10. The first kappa shape index (κ1) is 15.9. The second-order valence-corrected chi connectivity index (χ2v) is 5.96. The number of hydrogen-bond donors (Lipinski definition) is 1. The number of carbonyl (C=O) groups excluding carboxylic acids is 1. The Morgan fingerprint density at radius 1 is 1.33 bits per heavy atom. The van der Waals surface area contributed by atoms with Crippen molar-refractivity contribution in [1.29, 1.82) is 0 Å². The number of carbonyl (C=O) groups is 1. The van der Waals surface area contributed by atoms with Crippen molar-refractivity contribution in [3.63, 3.8) is 0 Å².